The van der Waals surface area contributed by atoms with Crippen molar-refractivity contribution in [1.29, 1.82) is 5.26 Å². The van der Waals surface area contributed by atoms with Crippen molar-refractivity contribution in [2.24, 2.45) is 0 Å². The Morgan fingerprint density at radius 2 is 1.97 bits per heavy atom. The Bertz CT molecular complexity index is 891. The molecule has 8 heteroatoms. The molecule has 0 fully saturated rings. The summed E-state index contributed by atoms with van der Waals surface area (Å²) in [7, 11) is 1.41. The molecule has 0 saturated carbocycles. The zero-order valence-electron chi connectivity index (χ0n) is 16.0. The van der Waals surface area contributed by atoms with Crippen LogP contribution in [-0.2, 0) is 11.0 Å². The van der Waals surface area contributed by atoms with Crippen LogP contribution in [0.3, 0.4) is 0 Å². The number of hydrogen-bond acceptors (Lipinski definition) is 4. The Morgan fingerprint density at radius 3 is 2.59 bits per heavy atom. The lowest BCUT2D eigenvalue weighted by Gasteiger charge is -2.20. The highest BCUT2D eigenvalue weighted by atomic mass is 19.4. The van der Waals surface area contributed by atoms with Crippen LogP contribution in [0.25, 0.3) is 0 Å². The Hall–Kier alpha value is -3.21. The van der Waals surface area contributed by atoms with Gasteiger partial charge in [0.05, 0.1) is 30.3 Å². The maximum Gasteiger partial charge on any atom is 0.416 e. The summed E-state index contributed by atoms with van der Waals surface area (Å²) in [6.45, 7) is 1.53. The third kappa shape index (κ3) is 6.14. The van der Waals surface area contributed by atoms with Gasteiger partial charge in [-0.2, -0.15) is 18.4 Å². The molecule has 1 N–H and O–H groups in total. The highest BCUT2D eigenvalue weighted by Gasteiger charge is 2.31. The molecule has 0 spiro atoms. The Morgan fingerprint density at radius 1 is 1.21 bits per heavy atom. The second-order valence-corrected chi connectivity index (χ2v) is 6.30. The average Bonchev–Trinajstić information content (AvgIpc) is 2.71. The molecule has 0 aliphatic rings. The van der Waals surface area contributed by atoms with E-state index < -0.39 is 23.7 Å². The SMILES string of the molecule is CCCC(NC(=O)COc1ccc(C#N)cc1OC)c1cccc(C(F)(F)F)c1. The summed E-state index contributed by atoms with van der Waals surface area (Å²) in [5, 5.41) is 11.6. The third-order valence-corrected chi connectivity index (χ3v) is 4.18. The fraction of sp³-hybridized carbons (Fsp3) is 0.333. The predicted molar refractivity (Wildman–Crippen MR) is 100 cm³/mol. The van der Waals surface area contributed by atoms with Crippen LogP contribution in [0.4, 0.5) is 13.2 Å². The van der Waals surface area contributed by atoms with Gasteiger partial charge in [-0.3, -0.25) is 4.79 Å². The van der Waals surface area contributed by atoms with E-state index in [4.69, 9.17) is 14.7 Å². The van der Waals surface area contributed by atoms with Gasteiger partial charge in [0, 0.05) is 6.07 Å². The Kier molecular flexibility index (Phi) is 7.48. The third-order valence-electron chi connectivity index (χ3n) is 4.18. The summed E-state index contributed by atoms with van der Waals surface area (Å²) >= 11 is 0. The van der Waals surface area contributed by atoms with Gasteiger partial charge in [0.25, 0.3) is 5.91 Å². The van der Waals surface area contributed by atoms with Crippen molar-refractivity contribution < 1.29 is 27.4 Å². The van der Waals surface area contributed by atoms with Gasteiger partial charge in [0.15, 0.2) is 18.1 Å². The number of amides is 1. The van der Waals surface area contributed by atoms with Crippen molar-refractivity contribution in [3.63, 3.8) is 0 Å². The fourth-order valence-corrected chi connectivity index (χ4v) is 2.78. The van der Waals surface area contributed by atoms with Crippen LogP contribution >= 0.6 is 0 Å². The number of methoxy groups -OCH3 is 1. The molecule has 0 aliphatic heterocycles. The molecule has 2 aromatic carbocycles. The van der Waals surface area contributed by atoms with Gasteiger partial charge in [-0.15, -0.1) is 0 Å². The molecule has 0 bridgehead atoms. The van der Waals surface area contributed by atoms with Crippen molar-refractivity contribution in [2.75, 3.05) is 13.7 Å². The first kappa shape index (κ1) is 22.1. The van der Waals surface area contributed by atoms with Gasteiger partial charge in [0.2, 0.25) is 0 Å². The van der Waals surface area contributed by atoms with Crippen LogP contribution in [0.1, 0.15) is 42.5 Å². The summed E-state index contributed by atoms with van der Waals surface area (Å²) in [5.74, 6) is 0.111. The maximum atomic E-state index is 13.0. The van der Waals surface area contributed by atoms with E-state index in [2.05, 4.69) is 5.32 Å². The first-order valence-corrected chi connectivity index (χ1v) is 8.96. The van der Waals surface area contributed by atoms with E-state index in [1.807, 2.05) is 13.0 Å². The standard InChI is InChI=1S/C21H21F3N2O3/c1-3-5-17(15-6-4-7-16(11-15)21(22,23)24)26-20(27)13-29-18-9-8-14(12-25)10-19(18)28-2/h4,6-11,17H,3,5,13H2,1-2H3,(H,26,27). The number of ether oxygens (including phenoxy) is 2. The predicted octanol–water partition coefficient (Wildman–Crippen LogP) is 4.62. The van der Waals surface area contributed by atoms with Crippen molar-refractivity contribution in [2.45, 2.75) is 32.0 Å². The smallest absolute Gasteiger partial charge is 0.416 e. The molecular weight excluding hydrogens is 385 g/mol. The number of hydrogen-bond donors (Lipinski definition) is 1. The molecule has 0 aromatic heterocycles. The minimum atomic E-state index is -4.45. The second kappa shape index (κ2) is 9.82. The number of alkyl halides is 3. The monoisotopic (exact) mass is 406 g/mol. The number of rotatable bonds is 8. The fourth-order valence-electron chi connectivity index (χ4n) is 2.78. The molecule has 1 unspecified atom stereocenters. The van der Waals surface area contributed by atoms with E-state index in [1.165, 1.54) is 31.4 Å². The zero-order chi connectivity index (χ0) is 21.4. The summed E-state index contributed by atoms with van der Waals surface area (Å²) in [5.41, 5.74) is 0.00103. The van der Waals surface area contributed by atoms with Crippen LogP contribution in [0.15, 0.2) is 42.5 Å². The van der Waals surface area contributed by atoms with Crippen LogP contribution in [0.5, 0.6) is 11.5 Å². The zero-order valence-corrected chi connectivity index (χ0v) is 16.0. The first-order chi connectivity index (χ1) is 13.8. The second-order valence-electron chi connectivity index (χ2n) is 6.30. The van der Waals surface area contributed by atoms with Gasteiger partial charge in [-0.05, 0) is 36.2 Å². The normalized spacial score (nSPS) is 12.0. The summed E-state index contributed by atoms with van der Waals surface area (Å²) in [4.78, 5) is 12.3. The van der Waals surface area contributed by atoms with Gasteiger partial charge in [0.1, 0.15) is 0 Å². The van der Waals surface area contributed by atoms with Crippen LogP contribution in [0, 0.1) is 11.3 Å². The summed E-state index contributed by atoms with van der Waals surface area (Å²) in [6.07, 6.45) is -3.30. The van der Waals surface area contributed by atoms with E-state index in [1.54, 1.807) is 6.07 Å². The minimum absolute atomic E-state index is 0.285. The topological polar surface area (TPSA) is 71.3 Å². The number of carbonyl (C=O) groups excluding carboxylic acids is 1. The van der Waals surface area contributed by atoms with E-state index in [9.17, 15) is 18.0 Å². The van der Waals surface area contributed by atoms with Gasteiger partial charge >= 0.3 is 6.18 Å². The molecular formula is C21H21F3N2O3. The van der Waals surface area contributed by atoms with E-state index >= 15 is 0 Å². The minimum Gasteiger partial charge on any atom is -0.493 e. The van der Waals surface area contributed by atoms with Crippen molar-refractivity contribution >= 4 is 5.91 Å². The number of nitrogens with one attached hydrogen (secondary N) is 1. The molecule has 0 radical (unpaired) electrons. The number of nitriles is 1. The lowest BCUT2D eigenvalue weighted by molar-refractivity contribution is -0.137. The molecule has 5 nitrogen and oxygen atoms in total. The van der Waals surface area contributed by atoms with E-state index in [0.717, 1.165) is 12.1 Å². The van der Waals surface area contributed by atoms with Crippen LogP contribution in [0.2, 0.25) is 0 Å². The number of nitrogens with zero attached hydrogens (tertiary/aromatic N) is 1. The molecule has 0 heterocycles. The molecule has 29 heavy (non-hydrogen) atoms. The number of halogens is 3. The van der Waals surface area contributed by atoms with Gasteiger partial charge < -0.3 is 14.8 Å². The first-order valence-electron chi connectivity index (χ1n) is 8.96. The van der Waals surface area contributed by atoms with Gasteiger partial charge in [-0.25, -0.2) is 0 Å². The summed E-state index contributed by atoms with van der Waals surface area (Å²) in [6, 6.07) is 10.8. The van der Waals surface area contributed by atoms with Crippen molar-refractivity contribution in [3.8, 4) is 17.6 Å². The van der Waals surface area contributed by atoms with E-state index in [0.29, 0.717) is 29.7 Å². The van der Waals surface area contributed by atoms with Crippen LogP contribution in [-0.4, -0.2) is 19.6 Å². The van der Waals surface area contributed by atoms with Crippen LogP contribution < -0.4 is 14.8 Å². The molecule has 154 valence electrons. The lowest BCUT2D eigenvalue weighted by Crippen LogP contribution is -2.32. The molecule has 0 aliphatic carbocycles. The van der Waals surface area contributed by atoms with Crippen molar-refractivity contribution in [3.05, 3.63) is 59.2 Å². The number of carbonyl (C=O) groups is 1. The highest BCUT2D eigenvalue weighted by molar-refractivity contribution is 5.78. The quantitative estimate of drug-likeness (QED) is 0.694. The molecule has 2 aromatic rings. The molecule has 2 rings (SSSR count). The van der Waals surface area contributed by atoms with E-state index in [-0.39, 0.29) is 12.4 Å². The average molecular weight is 406 g/mol. The van der Waals surface area contributed by atoms with Gasteiger partial charge in [-0.1, -0.05) is 25.5 Å². The number of benzene rings is 2. The Balaban J connectivity index is 2.08. The Labute approximate surface area is 167 Å². The molecule has 1 atom stereocenters. The highest BCUT2D eigenvalue weighted by Crippen LogP contribution is 2.32. The lowest BCUT2D eigenvalue weighted by atomic mass is 10.00. The molecule has 1 amide bonds. The summed E-state index contributed by atoms with van der Waals surface area (Å²) < 4.78 is 49.5. The molecule has 0 saturated heterocycles. The maximum absolute atomic E-state index is 13.0. The van der Waals surface area contributed by atoms with Crippen molar-refractivity contribution in [1.82, 2.24) is 5.32 Å². The largest absolute Gasteiger partial charge is 0.493 e.